The summed E-state index contributed by atoms with van der Waals surface area (Å²) in [5, 5.41) is 8.11. The first-order chi connectivity index (χ1) is 9.95. The Balaban J connectivity index is 3.34. The van der Waals surface area contributed by atoms with Crippen LogP contribution in [0.1, 0.15) is 65.2 Å². The van der Waals surface area contributed by atoms with Gasteiger partial charge in [-0.2, -0.15) is 5.10 Å². The van der Waals surface area contributed by atoms with Crippen molar-refractivity contribution in [3.8, 4) is 5.75 Å². The first-order valence-electron chi connectivity index (χ1n) is 7.85. The van der Waals surface area contributed by atoms with Crippen LogP contribution in [0.25, 0.3) is 0 Å². The van der Waals surface area contributed by atoms with Crippen LogP contribution in [0.15, 0.2) is 6.20 Å². The number of hydrogen-bond acceptors (Lipinski definition) is 4. The van der Waals surface area contributed by atoms with Crippen molar-refractivity contribution in [1.82, 2.24) is 15.1 Å². The number of nitrogens with one attached hydrogen (secondary N) is 1. The summed E-state index contributed by atoms with van der Waals surface area (Å²) >= 11 is 0. The third kappa shape index (κ3) is 3.77. The monoisotopic (exact) mass is 297 g/mol. The Bertz CT molecular complexity index is 425. The highest BCUT2D eigenvalue weighted by Crippen LogP contribution is 2.37. The third-order valence-electron chi connectivity index (χ3n) is 4.16. The lowest BCUT2D eigenvalue weighted by Crippen LogP contribution is -2.44. The van der Waals surface area contributed by atoms with Crippen molar-refractivity contribution in [1.29, 1.82) is 0 Å². The highest BCUT2D eigenvalue weighted by molar-refractivity contribution is 5.31. The van der Waals surface area contributed by atoms with Gasteiger partial charge in [0.25, 0.3) is 0 Å². The highest BCUT2D eigenvalue weighted by atomic mass is 16.5. The molecule has 0 bridgehead atoms. The summed E-state index contributed by atoms with van der Waals surface area (Å²) in [6.45, 7) is 11.6. The molecule has 0 saturated carbocycles. The average molecular weight is 297 g/mol. The zero-order valence-electron chi connectivity index (χ0n) is 14.6. The van der Waals surface area contributed by atoms with Gasteiger partial charge < -0.3 is 14.8 Å². The molecule has 5 heteroatoms. The largest absolute Gasteiger partial charge is 0.493 e. The lowest BCUT2D eigenvalue weighted by Gasteiger charge is -2.37. The topological polar surface area (TPSA) is 48.3 Å². The molecule has 0 spiro atoms. The Hall–Kier alpha value is -1.07. The quantitative estimate of drug-likeness (QED) is 0.759. The molecule has 0 aliphatic carbocycles. The molecule has 5 nitrogen and oxygen atoms in total. The van der Waals surface area contributed by atoms with Crippen molar-refractivity contribution < 1.29 is 9.47 Å². The van der Waals surface area contributed by atoms with Crippen molar-refractivity contribution in [2.45, 2.75) is 65.1 Å². The van der Waals surface area contributed by atoms with Crippen LogP contribution < -0.4 is 10.1 Å². The summed E-state index contributed by atoms with van der Waals surface area (Å²) in [4.78, 5) is 0. The van der Waals surface area contributed by atoms with Gasteiger partial charge in [0.1, 0.15) is 5.69 Å². The van der Waals surface area contributed by atoms with Crippen LogP contribution in [0.2, 0.25) is 0 Å². The summed E-state index contributed by atoms with van der Waals surface area (Å²) in [6.07, 6.45) is 3.76. The molecule has 2 atom stereocenters. The maximum atomic E-state index is 5.85. The van der Waals surface area contributed by atoms with E-state index in [1.54, 1.807) is 20.4 Å². The average Bonchev–Trinajstić information content (AvgIpc) is 2.91. The van der Waals surface area contributed by atoms with Crippen molar-refractivity contribution in [2.24, 2.45) is 0 Å². The van der Waals surface area contributed by atoms with E-state index in [2.05, 4.69) is 45.0 Å². The van der Waals surface area contributed by atoms with E-state index in [9.17, 15) is 0 Å². The second-order valence-corrected chi connectivity index (χ2v) is 5.89. The highest BCUT2D eigenvalue weighted by Gasteiger charge is 2.38. The SMILES string of the molecule is CCCNC(c1c(OC)cnn1C(C)C)C(C)(CC)OC. The number of hydrogen-bond donors (Lipinski definition) is 1. The van der Waals surface area contributed by atoms with Crippen molar-refractivity contribution in [2.75, 3.05) is 20.8 Å². The van der Waals surface area contributed by atoms with E-state index in [1.165, 1.54) is 0 Å². The minimum atomic E-state index is -0.310. The normalized spacial score (nSPS) is 16.0. The lowest BCUT2D eigenvalue weighted by atomic mass is 9.89. The Morgan fingerprint density at radius 3 is 2.43 bits per heavy atom. The summed E-state index contributed by atoms with van der Waals surface area (Å²) in [5.74, 6) is 0.814. The molecule has 1 heterocycles. The molecule has 0 aromatic carbocycles. The minimum Gasteiger partial charge on any atom is -0.493 e. The number of methoxy groups -OCH3 is 2. The van der Waals surface area contributed by atoms with Crippen LogP contribution in [0.4, 0.5) is 0 Å². The van der Waals surface area contributed by atoms with Gasteiger partial charge in [-0.15, -0.1) is 0 Å². The maximum Gasteiger partial charge on any atom is 0.161 e. The molecule has 0 saturated heterocycles. The van der Waals surface area contributed by atoms with Gasteiger partial charge in [0, 0.05) is 13.2 Å². The molecule has 1 aromatic rings. The number of aromatic nitrogens is 2. The fourth-order valence-electron chi connectivity index (χ4n) is 2.56. The van der Waals surface area contributed by atoms with Gasteiger partial charge >= 0.3 is 0 Å². The van der Waals surface area contributed by atoms with Gasteiger partial charge in [0.15, 0.2) is 5.75 Å². The molecule has 0 amide bonds. The van der Waals surface area contributed by atoms with Crippen LogP contribution in [-0.4, -0.2) is 36.1 Å². The molecule has 1 aromatic heterocycles. The molecular weight excluding hydrogens is 266 g/mol. The Labute approximate surface area is 129 Å². The molecule has 1 rings (SSSR count). The van der Waals surface area contributed by atoms with Gasteiger partial charge in [-0.05, 0) is 40.2 Å². The second kappa shape index (κ2) is 7.80. The van der Waals surface area contributed by atoms with Gasteiger partial charge in [-0.3, -0.25) is 4.68 Å². The van der Waals surface area contributed by atoms with Crippen LogP contribution in [0.5, 0.6) is 5.75 Å². The number of nitrogens with zero attached hydrogens (tertiary/aromatic N) is 2. The molecule has 0 radical (unpaired) electrons. The predicted molar refractivity (Wildman–Crippen MR) is 85.9 cm³/mol. The van der Waals surface area contributed by atoms with Crippen LogP contribution in [0.3, 0.4) is 0 Å². The molecular formula is C16H31N3O2. The van der Waals surface area contributed by atoms with Crippen molar-refractivity contribution in [3.05, 3.63) is 11.9 Å². The van der Waals surface area contributed by atoms with E-state index in [0.29, 0.717) is 0 Å². The van der Waals surface area contributed by atoms with Crippen LogP contribution >= 0.6 is 0 Å². The Morgan fingerprint density at radius 2 is 2.00 bits per heavy atom. The minimum absolute atomic E-state index is 0.0345. The van der Waals surface area contributed by atoms with Crippen molar-refractivity contribution >= 4 is 0 Å². The predicted octanol–water partition coefficient (Wildman–Crippen LogP) is 3.33. The molecule has 1 N–H and O–H groups in total. The lowest BCUT2D eigenvalue weighted by molar-refractivity contribution is -0.0329. The Morgan fingerprint density at radius 1 is 1.33 bits per heavy atom. The van der Waals surface area contributed by atoms with E-state index in [4.69, 9.17) is 9.47 Å². The second-order valence-electron chi connectivity index (χ2n) is 5.89. The number of rotatable bonds is 9. The van der Waals surface area contributed by atoms with Crippen LogP contribution in [-0.2, 0) is 4.74 Å². The first kappa shape index (κ1) is 18.0. The van der Waals surface area contributed by atoms with E-state index < -0.39 is 0 Å². The standard InChI is InChI=1S/C16H31N3O2/c1-8-10-17-15(16(5,9-2)21-7)14-13(20-6)11-18-19(14)12(3)4/h11-12,15,17H,8-10H2,1-7H3. The van der Waals surface area contributed by atoms with Gasteiger partial charge in [0.2, 0.25) is 0 Å². The first-order valence-corrected chi connectivity index (χ1v) is 7.85. The van der Waals surface area contributed by atoms with Crippen molar-refractivity contribution in [3.63, 3.8) is 0 Å². The zero-order chi connectivity index (χ0) is 16.0. The summed E-state index contributed by atoms with van der Waals surface area (Å²) < 4.78 is 13.4. The number of ether oxygens (including phenoxy) is 2. The summed E-state index contributed by atoms with van der Waals surface area (Å²) in [6, 6.07) is 0.306. The van der Waals surface area contributed by atoms with E-state index in [1.807, 2.05) is 4.68 Å². The fraction of sp³-hybridized carbons (Fsp3) is 0.812. The molecule has 0 aliphatic heterocycles. The van der Waals surface area contributed by atoms with E-state index in [0.717, 1.165) is 30.8 Å². The summed E-state index contributed by atoms with van der Waals surface area (Å²) in [7, 11) is 3.46. The molecule has 0 aliphatic rings. The molecule has 2 unspecified atom stereocenters. The molecule has 0 fully saturated rings. The fourth-order valence-corrected chi connectivity index (χ4v) is 2.56. The Kier molecular flexibility index (Phi) is 6.68. The molecule has 122 valence electrons. The van der Waals surface area contributed by atoms with E-state index in [-0.39, 0.29) is 17.7 Å². The van der Waals surface area contributed by atoms with E-state index >= 15 is 0 Å². The smallest absolute Gasteiger partial charge is 0.161 e. The zero-order valence-corrected chi connectivity index (χ0v) is 14.6. The maximum absolute atomic E-state index is 5.85. The van der Waals surface area contributed by atoms with Gasteiger partial charge in [0.05, 0.1) is 24.9 Å². The summed E-state index contributed by atoms with van der Waals surface area (Å²) in [5.41, 5.74) is 0.752. The van der Waals surface area contributed by atoms with Gasteiger partial charge in [-0.25, -0.2) is 0 Å². The molecule has 21 heavy (non-hydrogen) atoms. The van der Waals surface area contributed by atoms with Crippen LogP contribution in [0, 0.1) is 0 Å². The van der Waals surface area contributed by atoms with Gasteiger partial charge in [-0.1, -0.05) is 13.8 Å². The third-order valence-corrected chi connectivity index (χ3v) is 4.16.